The summed E-state index contributed by atoms with van der Waals surface area (Å²) in [6.07, 6.45) is 1.83. The van der Waals surface area contributed by atoms with Crippen molar-refractivity contribution in [2.24, 2.45) is 0 Å². The molecule has 114 valence electrons. The monoisotopic (exact) mass is 340 g/mol. The standard InChI is InChI=1S/C18H13ClN2OS/c1-10-7-11(2)16-14(8-10)21-17(22)15(23-18(21)20-16)9-12-5-3-4-6-13(12)19/h3-9H,1-2H3. The van der Waals surface area contributed by atoms with Crippen molar-refractivity contribution in [3.63, 3.8) is 0 Å². The SMILES string of the molecule is Cc1cc(C)c2nc3sc(=Cc4ccccc4Cl)c(=O)n3c2c1. The third kappa shape index (κ3) is 2.26. The normalized spacial score (nSPS) is 12.6. The zero-order valence-electron chi connectivity index (χ0n) is 12.6. The highest BCUT2D eigenvalue weighted by Crippen LogP contribution is 2.22. The maximum atomic E-state index is 12.8. The number of imidazole rings is 1. The molecule has 0 saturated carbocycles. The highest BCUT2D eigenvalue weighted by Gasteiger charge is 2.13. The summed E-state index contributed by atoms with van der Waals surface area (Å²) < 4.78 is 2.34. The van der Waals surface area contributed by atoms with Crippen LogP contribution in [0.15, 0.2) is 41.2 Å². The van der Waals surface area contributed by atoms with Crippen LogP contribution in [0.1, 0.15) is 16.7 Å². The van der Waals surface area contributed by atoms with E-state index in [0.29, 0.717) is 9.55 Å². The topological polar surface area (TPSA) is 34.4 Å². The molecule has 2 aromatic carbocycles. The second kappa shape index (κ2) is 5.18. The summed E-state index contributed by atoms with van der Waals surface area (Å²) in [5.74, 6) is 0. The van der Waals surface area contributed by atoms with Gasteiger partial charge in [-0.3, -0.25) is 4.79 Å². The Hall–Kier alpha value is -2.17. The van der Waals surface area contributed by atoms with Crippen LogP contribution >= 0.6 is 22.9 Å². The van der Waals surface area contributed by atoms with Gasteiger partial charge in [-0.1, -0.05) is 47.2 Å². The number of aromatic nitrogens is 2. The van der Waals surface area contributed by atoms with Gasteiger partial charge in [0.05, 0.1) is 15.6 Å². The molecule has 0 fully saturated rings. The lowest BCUT2D eigenvalue weighted by atomic mass is 10.1. The minimum Gasteiger partial charge on any atom is -0.267 e. The van der Waals surface area contributed by atoms with Crippen molar-refractivity contribution < 1.29 is 0 Å². The summed E-state index contributed by atoms with van der Waals surface area (Å²) in [6, 6.07) is 11.6. The van der Waals surface area contributed by atoms with Crippen LogP contribution in [0.5, 0.6) is 0 Å². The quantitative estimate of drug-likeness (QED) is 0.529. The molecule has 23 heavy (non-hydrogen) atoms. The molecule has 0 aliphatic carbocycles. The predicted octanol–water partition coefficient (Wildman–Crippen LogP) is 3.73. The van der Waals surface area contributed by atoms with E-state index in [2.05, 4.69) is 11.1 Å². The summed E-state index contributed by atoms with van der Waals surface area (Å²) in [6.45, 7) is 4.05. The van der Waals surface area contributed by atoms with E-state index in [1.165, 1.54) is 11.3 Å². The summed E-state index contributed by atoms with van der Waals surface area (Å²) in [5, 5.41) is 0.634. The first-order valence-electron chi connectivity index (χ1n) is 7.23. The molecule has 2 heterocycles. The molecule has 0 N–H and O–H groups in total. The molecule has 0 radical (unpaired) electrons. The van der Waals surface area contributed by atoms with E-state index in [4.69, 9.17) is 11.6 Å². The third-order valence-corrected chi connectivity index (χ3v) is 5.18. The molecule has 0 spiro atoms. The molecule has 4 rings (SSSR count). The van der Waals surface area contributed by atoms with E-state index in [9.17, 15) is 4.79 Å². The van der Waals surface area contributed by atoms with Crippen LogP contribution in [-0.4, -0.2) is 9.38 Å². The van der Waals surface area contributed by atoms with Crippen molar-refractivity contribution in [1.82, 2.24) is 9.38 Å². The Bertz CT molecular complexity index is 1170. The average Bonchev–Trinajstić information content (AvgIpc) is 3.00. The summed E-state index contributed by atoms with van der Waals surface area (Å²) in [5.41, 5.74) is 4.77. The maximum Gasteiger partial charge on any atom is 0.274 e. The van der Waals surface area contributed by atoms with E-state index in [1.54, 1.807) is 4.40 Å². The molecular weight excluding hydrogens is 328 g/mol. The summed E-state index contributed by atoms with van der Waals surface area (Å²) in [7, 11) is 0. The molecule has 0 saturated heterocycles. The van der Waals surface area contributed by atoms with Crippen molar-refractivity contribution in [2.75, 3.05) is 0 Å². The maximum absolute atomic E-state index is 12.8. The lowest BCUT2D eigenvalue weighted by molar-refractivity contribution is 1.18. The summed E-state index contributed by atoms with van der Waals surface area (Å²) >= 11 is 7.58. The smallest absolute Gasteiger partial charge is 0.267 e. The Balaban J connectivity index is 2.07. The van der Waals surface area contributed by atoms with Crippen LogP contribution in [0, 0.1) is 13.8 Å². The molecule has 0 unspecified atom stereocenters. The molecule has 0 amide bonds. The van der Waals surface area contributed by atoms with Gasteiger partial charge in [-0.15, -0.1) is 0 Å². The Kier molecular flexibility index (Phi) is 3.25. The van der Waals surface area contributed by atoms with Crippen molar-refractivity contribution in [1.29, 1.82) is 0 Å². The van der Waals surface area contributed by atoms with Gasteiger partial charge < -0.3 is 0 Å². The lowest BCUT2D eigenvalue weighted by Gasteiger charge is -1.97. The van der Waals surface area contributed by atoms with Gasteiger partial charge in [0.1, 0.15) is 0 Å². The van der Waals surface area contributed by atoms with Crippen LogP contribution in [0.2, 0.25) is 5.02 Å². The van der Waals surface area contributed by atoms with Gasteiger partial charge in [-0.05, 0) is 48.7 Å². The highest BCUT2D eigenvalue weighted by molar-refractivity contribution is 7.15. The van der Waals surface area contributed by atoms with Crippen LogP contribution in [-0.2, 0) is 0 Å². The molecule has 0 bridgehead atoms. The number of hydrogen-bond donors (Lipinski definition) is 0. The molecule has 0 aliphatic heterocycles. The molecule has 4 aromatic rings. The van der Waals surface area contributed by atoms with E-state index in [1.807, 2.05) is 50.3 Å². The number of benzene rings is 2. The first kappa shape index (κ1) is 14.4. The first-order valence-corrected chi connectivity index (χ1v) is 8.42. The van der Waals surface area contributed by atoms with Crippen molar-refractivity contribution in [3.05, 3.63) is 73.0 Å². The number of thiazole rings is 1. The second-order valence-corrected chi connectivity index (χ2v) is 7.03. The fourth-order valence-electron chi connectivity index (χ4n) is 2.84. The van der Waals surface area contributed by atoms with Gasteiger partial charge in [-0.2, -0.15) is 0 Å². The van der Waals surface area contributed by atoms with Gasteiger partial charge in [-0.25, -0.2) is 9.38 Å². The fourth-order valence-corrected chi connectivity index (χ4v) is 4.00. The van der Waals surface area contributed by atoms with Gasteiger partial charge in [0.2, 0.25) is 0 Å². The average molecular weight is 341 g/mol. The zero-order chi connectivity index (χ0) is 16.1. The van der Waals surface area contributed by atoms with E-state index in [0.717, 1.165) is 32.7 Å². The minimum absolute atomic E-state index is 0.0441. The lowest BCUT2D eigenvalue weighted by Crippen LogP contribution is -2.22. The van der Waals surface area contributed by atoms with Gasteiger partial charge in [0.15, 0.2) is 4.96 Å². The van der Waals surface area contributed by atoms with Crippen LogP contribution in [0.3, 0.4) is 0 Å². The highest BCUT2D eigenvalue weighted by atomic mass is 35.5. The van der Waals surface area contributed by atoms with Gasteiger partial charge in [0.25, 0.3) is 5.56 Å². The van der Waals surface area contributed by atoms with Crippen molar-refractivity contribution in [2.45, 2.75) is 13.8 Å². The number of aryl methyl sites for hydroxylation is 2. The number of hydrogen-bond acceptors (Lipinski definition) is 3. The van der Waals surface area contributed by atoms with Gasteiger partial charge in [0, 0.05) is 5.02 Å². The molecule has 3 nitrogen and oxygen atoms in total. The fraction of sp³-hybridized carbons (Fsp3) is 0.111. The van der Waals surface area contributed by atoms with Crippen LogP contribution in [0.25, 0.3) is 22.1 Å². The molecular formula is C18H13ClN2OS. The second-order valence-electron chi connectivity index (χ2n) is 5.62. The molecule has 0 atom stereocenters. The zero-order valence-corrected chi connectivity index (χ0v) is 14.2. The molecule has 0 aliphatic rings. The summed E-state index contributed by atoms with van der Waals surface area (Å²) in [4.78, 5) is 18.2. The third-order valence-electron chi connectivity index (χ3n) is 3.87. The van der Waals surface area contributed by atoms with Crippen LogP contribution < -0.4 is 10.1 Å². The minimum atomic E-state index is -0.0441. The number of nitrogens with zero attached hydrogens (tertiary/aromatic N) is 2. The number of rotatable bonds is 1. The number of fused-ring (bicyclic) bond motifs is 3. The Morgan fingerprint density at radius 2 is 2.00 bits per heavy atom. The van der Waals surface area contributed by atoms with E-state index < -0.39 is 0 Å². The van der Waals surface area contributed by atoms with Crippen molar-refractivity contribution >= 4 is 45.0 Å². The van der Waals surface area contributed by atoms with E-state index >= 15 is 0 Å². The molecule has 2 aromatic heterocycles. The Labute approximate surface area is 141 Å². The predicted molar refractivity (Wildman–Crippen MR) is 96.6 cm³/mol. The Morgan fingerprint density at radius 3 is 2.78 bits per heavy atom. The molecule has 5 heteroatoms. The largest absolute Gasteiger partial charge is 0.274 e. The van der Waals surface area contributed by atoms with Crippen molar-refractivity contribution in [3.8, 4) is 0 Å². The van der Waals surface area contributed by atoms with E-state index in [-0.39, 0.29) is 5.56 Å². The van der Waals surface area contributed by atoms with Gasteiger partial charge >= 0.3 is 0 Å². The Morgan fingerprint density at radius 1 is 1.22 bits per heavy atom. The first-order chi connectivity index (χ1) is 11.0. The van der Waals surface area contributed by atoms with Crippen LogP contribution in [0.4, 0.5) is 0 Å². The number of halogens is 1.